The number of aromatic nitrogens is 1. The van der Waals surface area contributed by atoms with E-state index in [-0.39, 0.29) is 18.6 Å². The molecule has 4 amide bonds. The fourth-order valence-electron chi connectivity index (χ4n) is 9.06. The van der Waals surface area contributed by atoms with Crippen molar-refractivity contribution in [3.63, 3.8) is 0 Å². The van der Waals surface area contributed by atoms with Crippen LogP contribution in [0.3, 0.4) is 0 Å². The minimum Gasteiger partial charge on any atom is -0.480 e. The molecule has 1 aromatic heterocycles. The third kappa shape index (κ3) is 14.8. The summed E-state index contributed by atoms with van der Waals surface area (Å²) in [6.45, 7) is 2.78. The number of nitrogens with zero attached hydrogens (tertiary/aromatic N) is 1. The van der Waals surface area contributed by atoms with Crippen LogP contribution < -0.4 is 21.3 Å². The first-order chi connectivity index (χ1) is 36.9. The van der Waals surface area contributed by atoms with Gasteiger partial charge in [-0.05, 0) is 51.5 Å². The van der Waals surface area contributed by atoms with Crippen LogP contribution in [-0.2, 0) is 39.9 Å². The van der Waals surface area contributed by atoms with E-state index in [0.717, 1.165) is 33.4 Å². The Balaban J connectivity index is 1.11. The zero-order valence-electron chi connectivity index (χ0n) is 42.4. The van der Waals surface area contributed by atoms with Gasteiger partial charge in [-0.1, -0.05) is 208 Å². The molecule has 0 fully saturated rings. The van der Waals surface area contributed by atoms with Crippen LogP contribution in [0.4, 0.5) is 0 Å². The van der Waals surface area contributed by atoms with E-state index >= 15 is 0 Å². The molecule has 0 saturated heterocycles. The lowest BCUT2D eigenvalue weighted by atomic mass is 9.84. The number of benzene rings is 6. The van der Waals surface area contributed by atoms with Crippen molar-refractivity contribution >= 4 is 64.5 Å². The van der Waals surface area contributed by atoms with E-state index in [0.29, 0.717) is 17.9 Å². The summed E-state index contributed by atoms with van der Waals surface area (Å²) < 4.78 is -1.42. The third-order valence-electron chi connectivity index (χ3n) is 12.7. The average molecular weight is 1070 g/mol. The standard InChI is InChI=1S/C61H63N5O7S3/c1-43(2)56(59(73)62-39-55(69)70)66-58(72)53(41-76-61(47-29-15-6-16-30-47,48-31-17-7-18-32-48)49-33-19-8-20-34-49)65-57(71)52(37-50-40-74-42-63-50)64-54(68)38-51(67)35-21-22-36-75-60(44-23-9-3-10-24-44,45-25-11-4-12-26-45)46-27-13-5-14-28-46/h3-21,23-35,40,42-43,51-53,56,67H,22,36-39,41H2,1-2H3,(H,62,73)(H,64,68)(H,65,71)(H,66,72)(H,69,70)/b35-21+/t51-,52-,53-,56-/m1/s1. The first kappa shape index (κ1) is 56.4. The van der Waals surface area contributed by atoms with Crippen molar-refractivity contribution < 1.29 is 34.2 Å². The van der Waals surface area contributed by atoms with E-state index in [4.69, 9.17) is 0 Å². The summed E-state index contributed by atoms with van der Waals surface area (Å²) in [5.74, 6) is -3.74. The second kappa shape index (κ2) is 28.0. The van der Waals surface area contributed by atoms with Gasteiger partial charge in [0.25, 0.3) is 0 Å². The van der Waals surface area contributed by atoms with E-state index in [1.165, 1.54) is 23.1 Å². The molecule has 1 heterocycles. The van der Waals surface area contributed by atoms with Crippen LogP contribution in [0.2, 0.25) is 0 Å². The Bertz CT molecular complexity index is 2760. The number of aliphatic hydroxyl groups excluding tert-OH is 1. The van der Waals surface area contributed by atoms with Crippen LogP contribution in [0.15, 0.2) is 205 Å². The zero-order valence-corrected chi connectivity index (χ0v) is 44.8. The van der Waals surface area contributed by atoms with E-state index in [1.54, 1.807) is 42.6 Å². The lowest BCUT2D eigenvalue weighted by Crippen LogP contribution is -2.59. The second-order valence-corrected chi connectivity index (χ2v) is 21.7. The molecule has 0 radical (unpaired) electrons. The van der Waals surface area contributed by atoms with Gasteiger partial charge in [0, 0.05) is 17.6 Å². The van der Waals surface area contributed by atoms with Crippen LogP contribution >= 0.6 is 34.9 Å². The molecule has 6 N–H and O–H groups in total. The zero-order chi connectivity index (χ0) is 53.8. The number of nitrogens with one attached hydrogen (secondary N) is 4. The molecule has 15 heteroatoms. The molecule has 0 bridgehead atoms. The Morgan fingerprint density at radius 2 is 1.03 bits per heavy atom. The normalized spacial score (nSPS) is 13.3. The van der Waals surface area contributed by atoms with Gasteiger partial charge in [0.05, 0.1) is 33.2 Å². The number of allylic oxidation sites excluding steroid dienone is 1. The van der Waals surface area contributed by atoms with Crippen molar-refractivity contribution in [2.24, 2.45) is 5.92 Å². The van der Waals surface area contributed by atoms with Gasteiger partial charge < -0.3 is 31.5 Å². The number of amides is 4. The number of hydrogen-bond donors (Lipinski definition) is 6. The Kier molecular flexibility index (Phi) is 20.8. The number of aliphatic carboxylic acids is 1. The lowest BCUT2D eigenvalue weighted by Gasteiger charge is -2.37. The number of carboxylic acid groups (broad SMARTS) is 1. The maximum Gasteiger partial charge on any atom is 0.322 e. The number of hydrogen-bond acceptors (Lipinski definition) is 10. The highest BCUT2D eigenvalue weighted by Crippen LogP contribution is 2.50. The maximum absolute atomic E-state index is 14.7. The van der Waals surface area contributed by atoms with Gasteiger partial charge in [0.15, 0.2) is 0 Å². The summed E-state index contributed by atoms with van der Waals surface area (Å²) in [6, 6.07) is 57.0. The smallest absolute Gasteiger partial charge is 0.322 e. The molecule has 4 atom stereocenters. The average Bonchev–Trinajstić information content (AvgIpc) is 4.00. The first-order valence-corrected chi connectivity index (χ1v) is 28.0. The molecule has 0 aliphatic rings. The number of rotatable bonds is 27. The predicted molar refractivity (Wildman–Crippen MR) is 305 cm³/mol. The first-order valence-electron chi connectivity index (χ1n) is 25.1. The van der Waals surface area contributed by atoms with Crippen molar-refractivity contribution in [2.45, 2.75) is 66.8 Å². The monoisotopic (exact) mass is 1070 g/mol. The fraction of sp³-hybridized carbons (Fsp3) is 0.246. The van der Waals surface area contributed by atoms with E-state index in [2.05, 4.69) is 62.6 Å². The minimum atomic E-state index is -1.30. The summed E-state index contributed by atoms with van der Waals surface area (Å²) in [4.78, 5) is 72.5. The van der Waals surface area contributed by atoms with E-state index in [1.807, 2.05) is 152 Å². The number of carbonyl (C=O) groups excluding carboxylic acids is 4. The number of thioether (sulfide) groups is 2. The molecule has 76 heavy (non-hydrogen) atoms. The van der Waals surface area contributed by atoms with Crippen molar-refractivity contribution in [3.05, 3.63) is 244 Å². The third-order valence-corrected chi connectivity index (χ3v) is 16.6. The molecule has 0 aliphatic carbocycles. The number of thiazole rings is 1. The van der Waals surface area contributed by atoms with Crippen molar-refractivity contribution in [1.29, 1.82) is 0 Å². The maximum atomic E-state index is 14.7. The highest BCUT2D eigenvalue weighted by atomic mass is 32.2. The summed E-state index contributed by atoms with van der Waals surface area (Å²) in [7, 11) is 0. The molecule has 0 saturated carbocycles. The molecule has 0 unspecified atom stereocenters. The molecular weight excluding hydrogens is 1010 g/mol. The summed E-state index contributed by atoms with van der Waals surface area (Å²) >= 11 is 4.54. The van der Waals surface area contributed by atoms with Crippen LogP contribution in [0.5, 0.6) is 0 Å². The second-order valence-electron chi connectivity index (χ2n) is 18.4. The quantitative estimate of drug-likeness (QED) is 0.0165. The van der Waals surface area contributed by atoms with Crippen molar-refractivity contribution in [1.82, 2.24) is 26.3 Å². The van der Waals surface area contributed by atoms with Crippen LogP contribution in [-0.4, -0.2) is 87.1 Å². The van der Waals surface area contributed by atoms with Gasteiger partial charge in [0.1, 0.15) is 24.7 Å². The lowest BCUT2D eigenvalue weighted by molar-refractivity contribution is -0.138. The Labute approximate surface area is 457 Å². The van der Waals surface area contributed by atoms with Gasteiger partial charge >= 0.3 is 5.97 Å². The molecule has 7 aromatic rings. The van der Waals surface area contributed by atoms with Gasteiger partial charge in [0.2, 0.25) is 23.6 Å². The molecule has 12 nitrogen and oxygen atoms in total. The van der Waals surface area contributed by atoms with Gasteiger partial charge in [-0.3, -0.25) is 24.0 Å². The Morgan fingerprint density at radius 1 is 0.592 bits per heavy atom. The van der Waals surface area contributed by atoms with Crippen LogP contribution in [0.1, 0.15) is 65.8 Å². The highest BCUT2D eigenvalue weighted by molar-refractivity contribution is 8.00. The van der Waals surface area contributed by atoms with E-state index < -0.39 is 75.8 Å². The number of aliphatic hydroxyl groups is 1. The fourth-order valence-corrected chi connectivity index (χ4v) is 12.7. The Hall–Kier alpha value is -7.30. The largest absolute Gasteiger partial charge is 0.480 e. The SMILES string of the molecule is CC(C)[C@@H](NC(=O)[C@@H](CSC(c1ccccc1)(c1ccccc1)c1ccccc1)NC(=O)[C@@H](Cc1cscn1)NC(=O)C[C@H](O)/C=C/CCSC(c1ccccc1)(c1ccccc1)c1ccccc1)C(=O)NCC(=O)O. The van der Waals surface area contributed by atoms with Gasteiger partial charge in [-0.15, -0.1) is 34.9 Å². The Morgan fingerprint density at radius 3 is 1.43 bits per heavy atom. The molecule has 7 rings (SSSR count). The van der Waals surface area contributed by atoms with Crippen LogP contribution in [0, 0.1) is 5.92 Å². The molecule has 0 spiro atoms. The van der Waals surface area contributed by atoms with Gasteiger partial charge in [-0.25, -0.2) is 4.98 Å². The van der Waals surface area contributed by atoms with E-state index in [9.17, 15) is 34.2 Å². The molecule has 0 aliphatic heterocycles. The molecule has 392 valence electrons. The van der Waals surface area contributed by atoms with Gasteiger partial charge in [-0.2, -0.15) is 0 Å². The van der Waals surface area contributed by atoms with Crippen LogP contribution in [0.25, 0.3) is 0 Å². The summed E-state index contributed by atoms with van der Waals surface area (Å²) in [6.07, 6.45) is 2.51. The topological polar surface area (TPSA) is 187 Å². The molecule has 6 aromatic carbocycles. The highest BCUT2D eigenvalue weighted by Gasteiger charge is 2.40. The van der Waals surface area contributed by atoms with Crippen molar-refractivity contribution in [2.75, 3.05) is 18.1 Å². The van der Waals surface area contributed by atoms with Crippen molar-refractivity contribution in [3.8, 4) is 0 Å². The summed E-state index contributed by atoms with van der Waals surface area (Å²) in [5.41, 5.74) is 8.30. The minimum absolute atomic E-state index is 0.0219. The summed E-state index contributed by atoms with van der Waals surface area (Å²) in [5, 5.41) is 33.2. The number of carbonyl (C=O) groups is 5. The number of carboxylic acids is 1. The molecular formula is C61H63N5O7S3. The predicted octanol–water partition coefficient (Wildman–Crippen LogP) is 9.14.